The lowest BCUT2D eigenvalue weighted by atomic mass is 10.0. The van der Waals surface area contributed by atoms with Gasteiger partial charge in [-0.2, -0.15) is 0 Å². The molecule has 1 aliphatic heterocycles. The molecule has 0 atom stereocenters. The number of allylic oxidation sites excluding steroid dienone is 1. The quantitative estimate of drug-likeness (QED) is 0.420. The van der Waals surface area contributed by atoms with Crippen molar-refractivity contribution in [3.63, 3.8) is 0 Å². The SMILES string of the molecule is C=CCc1cc(/C=C2\C(=O)NC(=O)N(c3ccc(C(C)C)cc3)C2=O)cc(OC)c1O. The number of imide groups is 2. The van der Waals surface area contributed by atoms with Crippen LogP contribution in [0.25, 0.3) is 6.08 Å². The van der Waals surface area contributed by atoms with Crippen LogP contribution in [0.2, 0.25) is 0 Å². The van der Waals surface area contributed by atoms with Crippen molar-refractivity contribution < 1.29 is 24.2 Å². The molecular formula is C24H24N2O5. The number of anilines is 1. The molecule has 1 saturated heterocycles. The number of nitrogens with one attached hydrogen (secondary N) is 1. The fraction of sp³-hybridized carbons (Fsp3) is 0.208. The molecule has 3 rings (SSSR count). The third-order valence-electron chi connectivity index (χ3n) is 4.99. The number of phenolic OH excluding ortho intramolecular Hbond substituents is 1. The van der Waals surface area contributed by atoms with Gasteiger partial charge in [-0.25, -0.2) is 9.69 Å². The van der Waals surface area contributed by atoms with Crippen molar-refractivity contribution in [2.45, 2.75) is 26.2 Å². The molecule has 2 aromatic rings. The Morgan fingerprint density at radius 3 is 2.42 bits per heavy atom. The van der Waals surface area contributed by atoms with Crippen molar-refractivity contribution in [2.75, 3.05) is 12.0 Å². The largest absolute Gasteiger partial charge is 0.504 e. The van der Waals surface area contributed by atoms with E-state index < -0.39 is 17.8 Å². The summed E-state index contributed by atoms with van der Waals surface area (Å²) < 4.78 is 5.19. The van der Waals surface area contributed by atoms with E-state index in [-0.39, 0.29) is 17.1 Å². The number of phenols is 1. The molecule has 7 nitrogen and oxygen atoms in total. The third-order valence-corrected chi connectivity index (χ3v) is 4.99. The lowest BCUT2D eigenvalue weighted by Crippen LogP contribution is -2.54. The third kappa shape index (κ3) is 4.35. The number of ether oxygens (including phenoxy) is 1. The van der Waals surface area contributed by atoms with Gasteiger partial charge in [0.05, 0.1) is 12.8 Å². The summed E-state index contributed by atoms with van der Waals surface area (Å²) in [6, 6.07) is 9.36. The Morgan fingerprint density at radius 1 is 1.16 bits per heavy atom. The van der Waals surface area contributed by atoms with Gasteiger partial charge in [-0.15, -0.1) is 6.58 Å². The molecule has 0 spiro atoms. The molecule has 0 aliphatic carbocycles. The molecule has 7 heteroatoms. The second-order valence-electron chi connectivity index (χ2n) is 7.43. The number of hydrogen-bond acceptors (Lipinski definition) is 5. The van der Waals surface area contributed by atoms with Crippen LogP contribution >= 0.6 is 0 Å². The van der Waals surface area contributed by atoms with Crippen molar-refractivity contribution in [3.05, 3.63) is 71.3 Å². The van der Waals surface area contributed by atoms with Crippen molar-refractivity contribution >= 4 is 29.6 Å². The van der Waals surface area contributed by atoms with Crippen LogP contribution in [0.4, 0.5) is 10.5 Å². The number of nitrogens with zero attached hydrogens (tertiary/aromatic N) is 1. The predicted molar refractivity (Wildman–Crippen MR) is 118 cm³/mol. The van der Waals surface area contributed by atoms with Gasteiger partial charge in [0.15, 0.2) is 11.5 Å². The first kappa shape index (κ1) is 21.8. The van der Waals surface area contributed by atoms with Crippen LogP contribution in [-0.4, -0.2) is 30.1 Å². The van der Waals surface area contributed by atoms with E-state index in [9.17, 15) is 19.5 Å². The average Bonchev–Trinajstić information content (AvgIpc) is 2.73. The number of rotatable bonds is 6. The molecule has 0 unspecified atom stereocenters. The monoisotopic (exact) mass is 420 g/mol. The Labute approximate surface area is 180 Å². The lowest BCUT2D eigenvalue weighted by Gasteiger charge is -2.26. The highest BCUT2D eigenvalue weighted by Gasteiger charge is 2.36. The minimum absolute atomic E-state index is 0.0361. The maximum Gasteiger partial charge on any atom is 0.335 e. The van der Waals surface area contributed by atoms with Gasteiger partial charge in [0, 0.05) is 5.56 Å². The van der Waals surface area contributed by atoms with Crippen LogP contribution in [-0.2, 0) is 16.0 Å². The summed E-state index contributed by atoms with van der Waals surface area (Å²) in [6.07, 6.45) is 3.35. The van der Waals surface area contributed by atoms with E-state index >= 15 is 0 Å². The maximum atomic E-state index is 13.1. The topological polar surface area (TPSA) is 95.9 Å². The molecule has 0 saturated carbocycles. The van der Waals surface area contributed by atoms with Crippen molar-refractivity contribution in [2.24, 2.45) is 0 Å². The Kier molecular flexibility index (Phi) is 6.25. The summed E-state index contributed by atoms with van der Waals surface area (Å²) in [4.78, 5) is 38.8. The molecule has 1 heterocycles. The number of aromatic hydroxyl groups is 1. The maximum absolute atomic E-state index is 13.1. The zero-order chi connectivity index (χ0) is 22.7. The molecule has 2 N–H and O–H groups in total. The molecule has 160 valence electrons. The number of urea groups is 1. The molecule has 1 aliphatic rings. The molecule has 1 fully saturated rings. The number of amides is 4. The van der Waals surface area contributed by atoms with Gasteiger partial charge < -0.3 is 9.84 Å². The molecular weight excluding hydrogens is 396 g/mol. The Bertz CT molecular complexity index is 1080. The Balaban J connectivity index is 2.03. The second kappa shape index (κ2) is 8.87. The normalized spacial score (nSPS) is 15.4. The highest BCUT2D eigenvalue weighted by Crippen LogP contribution is 2.33. The number of hydrogen-bond donors (Lipinski definition) is 2. The van der Waals surface area contributed by atoms with Gasteiger partial charge in [-0.05, 0) is 53.8 Å². The van der Waals surface area contributed by atoms with Crippen LogP contribution in [0.5, 0.6) is 11.5 Å². The summed E-state index contributed by atoms with van der Waals surface area (Å²) >= 11 is 0. The number of carbonyl (C=O) groups is 3. The fourth-order valence-corrected chi connectivity index (χ4v) is 3.31. The summed E-state index contributed by atoms with van der Waals surface area (Å²) in [5, 5.41) is 12.5. The molecule has 4 amide bonds. The van der Waals surface area contributed by atoms with Crippen molar-refractivity contribution in [1.29, 1.82) is 0 Å². The molecule has 2 aromatic carbocycles. The lowest BCUT2D eigenvalue weighted by molar-refractivity contribution is -0.122. The standard InChI is InChI=1S/C24H24N2O5/c1-5-6-17-11-15(13-20(31-4)21(17)27)12-19-22(28)25-24(30)26(23(19)29)18-9-7-16(8-10-18)14(2)3/h5,7-14,27H,1,6H2,2-4H3,(H,25,28,30)/b19-12+. The van der Waals surface area contributed by atoms with Crippen molar-refractivity contribution in [3.8, 4) is 11.5 Å². The van der Waals surface area contributed by atoms with Gasteiger partial charge in [0.1, 0.15) is 5.57 Å². The van der Waals surface area contributed by atoms with Gasteiger partial charge >= 0.3 is 6.03 Å². The van der Waals surface area contributed by atoms with E-state index in [1.807, 2.05) is 26.0 Å². The highest BCUT2D eigenvalue weighted by molar-refractivity contribution is 6.39. The number of methoxy groups -OCH3 is 1. The smallest absolute Gasteiger partial charge is 0.335 e. The summed E-state index contributed by atoms with van der Waals surface area (Å²) in [5.74, 6) is -1.06. The number of barbiturate groups is 1. The minimum atomic E-state index is -0.805. The Morgan fingerprint density at radius 2 is 1.84 bits per heavy atom. The van der Waals surface area contributed by atoms with E-state index in [4.69, 9.17) is 4.74 Å². The second-order valence-corrected chi connectivity index (χ2v) is 7.43. The highest BCUT2D eigenvalue weighted by atomic mass is 16.5. The van der Waals surface area contributed by atoms with Crippen LogP contribution in [0.1, 0.15) is 36.5 Å². The van der Waals surface area contributed by atoms with Gasteiger partial charge in [0.2, 0.25) is 0 Å². The van der Waals surface area contributed by atoms with Crippen LogP contribution < -0.4 is 15.0 Å². The summed E-state index contributed by atoms with van der Waals surface area (Å²) in [5.41, 5.74) is 2.22. The first-order valence-corrected chi connectivity index (χ1v) is 9.79. The fourth-order valence-electron chi connectivity index (χ4n) is 3.31. The first-order chi connectivity index (χ1) is 14.8. The minimum Gasteiger partial charge on any atom is -0.504 e. The van der Waals surface area contributed by atoms with Gasteiger partial charge in [-0.1, -0.05) is 32.1 Å². The van der Waals surface area contributed by atoms with Crippen LogP contribution in [0.3, 0.4) is 0 Å². The van der Waals surface area contributed by atoms with E-state index in [1.165, 1.54) is 19.3 Å². The van der Waals surface area contributed by atoms with Crippen LogP contribution in [0, 0.1) is 0 Å². The number of benzene rings is 2. The van der Waals surface area contributed by atoms with E-state index in [0.29, 0.717) is 29.2 Å². The molecule has 31 heavy (non-hydrogen) atoms. The summed E-state index contributed by atoms with van der Waals surface area (Å²) in [7, 11) is 1.41. The Hall–Kier alpha value is -3.87. The molecule has 0 radical (unpaired) electrons. The zero-order valence-corrected chi connectivity index (χ0v) is 17.6. The van der Waals surface area contributed by atoms with Crippen LogP contribution in [0.15, 0.2) is 54.6 Å². The predicted octanol–water partition coefficient (Wildman–Crippen LogP) is 3.92. The van der Waals surface area contributed by atoms with Crippen molar-refractivity contribution in [1.82, 2.24) is 5.32 Å². The average molecular weight is 420 g/mol. The molecule has 0 aromatic heterocycles. The zero-order valence-electron chi connectivity index (χ0n) is 17.6. The van der Waals surface area contributed by atoms with E-state index in [2.05, 4.69) is 11.9 Å². The van der Waals surface area contributed by atoms with Gasteiger partial charge in [-0.3, -0.25) is 14.9 Å². The first-order valence-electron chi connectivity index (χ1n) is 9.79. The molecule has 0 bridgehead atoms. The summed E-state index contributed by atoms with van der Waals surface area (Å²) in [6.45, 7) is 7.74. The number of carbonyl (C=O) groups excluding carboxylic acids is 3. The van der Waals surface area contributed by atoms with E-state index in [0.717, 1.165) is 10.5 Å². The van der Waals surface area contributed by atoms with E-state index in [1.54, 1.807) is 24.3 Å². The van der Waals surface area contributed by atoms with Gasteiger partial charge in [0.25, 0.3) is 11.8 Å².